The number of urea groups is 1. The van der Waals surface area contributed by atoms with E-state index in [1.54, 1.807) is 36.2 Å². The number of anilines is 1. The molecule has 8 heteroatoms. The highest BCUT2D eigenvalue weighted by Gasteiger charge is 2.30. The monoisotopic (exact) mass is 449 g/mol. The quantitative estimate of drug-likeness (QED) is 0.597. The van der Waals surface area contributed by atoms with Gasteiger partial charge in [0.1, 0.15) is 11.6 Å². The smallest absolute Gasteiger partial charge is 0.322 e. The fourth-order valence-electron chi connectivity index (χ4n) is 4.00. The van der Waals surface area contributed by atoms with Gasteiger partial charge in [-0.15, -0.1) is 0 Å². The van der Waals surface area contributed by atoms with Gasteiger partial charge in [0.25, 0.3) is 0 Å². The molecule has 1 atom stereocenters. The van der Waals surface area contributed by atoms with Gasteiger partial charge in [0.15, 0.2) is 0 Å². The zero-order chi connectivity index (χ0) is 23.4. The van der Waals surface area contributed by atoms with Crippen LogP contribution in [0.2, 0.25) is 0 Å². The predicted molar refractivity (Wildman–Crippen MR) is 125 cm³/mol. The molecule has 0 spiro atoms. The molecule has 4 rings (SSSR count). The Bertz CT molecular complexity index is 1130. The van der Waals surface area contributed by atoms with Crippen LogP contribution in [0.3, 0.4) is 0 Å². The first kappa shape index (κ1) is 22.5. The van der Waals surface area contributed by atoms with Crippen molar-refractivity contribution >= 4 is 17.6 Å². The molecule has 1 aliphatic heterocycles. The average Bonchev–Trinajstić information content (AvgIpc) is 3.30. The number of aromatic nitrogens is 2. The van der Waals surface area contributed by atoms with Gasteiger partial charge in [-0.3, -0.25) is 4.79 Å². The van der Waals surface area contributed by atoms with Crippen molar-refractivity contribution in [3.8, 4) is 11.3 Å². The second-order valence-electron chi connectivity index (χ2n) is 8.49. The lowest BCUT2D eigenvalue weighted by Crippen LogP contribution is -2.41. The third kappa shape index (κ3) is 5.39. The lowest BCUT2D eigenvalue weighted by Gasteiger charge is -2.34. The molecular formula is C25H28FN5O2. The summed E-state index contributed by atoms with van der Waals surface area (Å²) >= 11 is 0. The minimum Gasteiger partial charge on any atom is -0.349 e. The number of nitrogens with one attached hydrogen (secondary N) is 2. The number of halogens is 1. The molecule has 2 aromatic carbocycles. The Morgan fingerprint density at radius 3 is 2.70 bits per heavy atom. The fraction of sp³-hybridized carbons (Fsp3) is 0.320. The summed E-state index contributed by atoms with van der Waals surface area (Å²) in [6.45, 7) is 0.627. The van der Waals surface area contributed by atoms with E-state index in [-0.39, 0.29) is 23.8 Å². The number of likely N-dealkylation sites (N-methyl/N-ethyl adjacent to an activating group) is 1. The summed E-state index contributed by atoms with van der Waals surface area (Å²) in [4.78, 5) is 36.1. The fourth-order valence-corrected chi connectivity index (χ4v) is 4.00. The first-order valence-corrected chi connectivity index (χ1v) is 11.1. The van der Waals surface area contributed by atoms with Gasteiger partial charge in [0.05, 0.1) is 24.4 Å². The summed E-state index contributed by atoms with van der Waals surface area (Å²) in [5.41, 5.74) is 3.00. The topological polar surface area (TPSA) is 81.3 Å². The molecule has 33 heavy (non-hydrogen) atoms. The second-order valence-corrected chi connectivity index (χ2v) is 8.49. The molecule has 1 saturated heterocycles. The second kappa shape index (κ2) is 9.85. The molecule has 2 heterocycles. The molecule has 0 unspecified atom stereocenters. The van der Waals surface area contributed by atoms with Crippen LogP contribution < -0.4 is 5.32 Å². The van der Waals surface area contributed by atoms with E-state index in [9.17, 15) is 14.0 Å². The number of rotatable bonds is 5. The maximum atomic E-state index is 13.6. The largest absolute Gasteiger partial charge is 0.349 e. The Morgan fingerprint density at radius 1 is 1.18 bits per heavy atom. The van der Waals surface area contributed by atoms with E-state index in [0.717, 1.165) is 30.5 Å². The van der Waals surface area contributed by atoms with Crippen LogP contribution in [0.1, 0.15) is 36.7 Å². The normalized spacial score (nSPS) is 15.8. The van der Waals surface area contributed by atoms with Crippen LogP contribution in [0.5, 0.6) is 0 Å². The molecule has 0 bridgehead atoms. The maximum Gasteiger partial charge on any atom is 0.322 e. The zero-order valence-electron chi connectivity index (χ0n) is 18.8. The summed E-state index contributed by atoms with van der Waals surface area (Å²) < 4.78 is 13.6. The minimum atomic E-state index is -0.306. The van der Waals surface area contributed by atoms with Crippen LogP contribution >= 0.6 is 0 Å². The molecule has 3 amide bonds. The molecule has 3 aromatic rings. The standard InChI is InChI=1S/C25H28FN5O2/c1-30(2)23(32)14-17-9-11-20(12-10-17)28-25(33)31-13-4-3-8-22(31)24-27-16-21(29-24)18-6-5-7-19(26)15-18/h5-7,9-12,15-16,22H,3-4,8,13-14H2,1-2H3,(H,27,29)(H,28,33)/t22-/m1/s1. The number of likely N-dealkylation sites (tertiary alicyclic amines) is 1. The van der Waals surface area contributed by atoms with Crippen LogP contribution in [0.15, 0.2) is 54.7 Å². The number of benzene rings is 2. The van der Waals surface area contributed by atoms with Crippen molar-refractivity contribution in [2.45, 2.75) is 31.7 Å². The van der Waals surface area contributed by atoms with Crippen LogP contribution in [-0.2, 0) is 11.2 Å². The third-order valence-electron chi connectivity index (χ3n) is 5.87. The Balaban J connectivity index is 1.45. The van der Waals surface area contributed by atoms with Crippen molar-refractivity contribution in [2.24, 2.45) is 0 Å². The average molecular weight is 450 g/mol. The van der Waals surface area contributed by atoms with Crippen molar-refractivity contribution in [1.29, 1.82) is 0 Å². The number of aromatic amines is 1. The Hall–Kier alpha value is -3.68. The van der Waals surface area contributed by atoms with Crippen molar-refractivity contribution in [3.63, 3.8) is 0 Å². The maximum absolute atomic E-state index is 13.6. The highest BCUT2D eigenvalue weighted by atomic mass is 19.1. The third-order valence-corrected chi connectivity index (χ3v) is 5.87. The van der Waals surface area contributed by atoms with Gasteiger partial charge in [-0.1, -0.05) is 24.3 Å². The molecule has 0 aliphatic carbocycles. The van der Waals surface area contributed by atoms with Gasteiger partial charge in [0.2, 0.25) is 5.91 Å². The van der Waals surface area contributed by atoms with Crippen molar-refractivity contribution in [1.82, 2.24) is 19.8 Å². The Kier molecular flexibility index (Phi) is 6.72. The number of hydrogen-bond donors (Lipinski definition) is 2. The van der Waals surface area contributed by atoms with Crippen LogP contribution in [0.25, 0.3) is 11.3 Å². The van der Waals surface area contributed by atoms with Crippen molar-refractivity contribution < 1.29 is 14.0 Å². The van der Waals surface area contributed by atoms with E-state index >= 15 is 0 Å². The molecule has 1 aromatic heterocycles. The zero-order valence-corrected chi connectivity index (χ0v) is 18.8. The Morgan fingerprint density at radius 2 is 1.97 bits per heavy atom. The molecule has 172 valence electrons. The summed E-state index contributed by atoms with van der Waals surface area (Å²) in [6.07, 6.45) is 4.73. The first-order chi connectivity index (χ1) is 15.9. The van der Waals surface area contributed by atoms with Gasteiger partial charge in [-0.05, 0) is 49.1 Å². The SMILES string of the molecule is CN(C)C(=O)Cc1ccc(NC(=O)N2CCCC[C@@H]2c2ncc(-c3cccc(F)c3)[nH]2)cc1. The number of carbonyl (C=O) groups excluding carboxylic acids is 2. The van der Waals surface area contributed by atoms with Crippen LogP contribution in [0.4, 0.5) is 14.9 Å². The lowest BCUT2D eigenvalue weighted by atomic mass is 10.0. The van der Waals surface area contributed by atoms with Gasteiger partial charge >= 0.3 is 6.03 Å². The molecule has 7 nitrogen and oxygen atoms in total. The number of hydrogen-bond acceptors (Lipinski definition) is 3. The van der Waals surface area contributed by atoms with Crippen molar-refractivity contribution in [2.75, 3.05) is 26.0 Å². The highest BCUT2D eigenvalue weighted by molar-refractivity contribution is 5.89. The van der Waals surface area contributed by atoms with Gasteiger partial charge in [-0.25, -0.2) is 14.2 Å². The summed E-state index contributed by atoms with van der Waals surface area (Å²) in [7, 11) is 3.46. The van der Waals surface area contributed by atoms with E-state index < -0.39 is 0 Å². The van der Waals surface area contributed by atoms with Crippen LogP contribution in [0, 0.1) is 5.82 Å². The number of imidazole rings is 1. The number of H-pyrrole nitrogens is 1. The van der Waals surface area contributed by atoms with E-state index in [1.165, 1.54) is 12.1 Å². The van der Waals surface area contributed by atoms with E-state index in [4.69, 9.17) is 0 Å². The number of amides is 3. The van der Waals surface area contributed by atoms with E-state index in [0.29, 0.717) is 30.0 Å². The minimum absolute atomic E-state index is 0.0269. The molecule has 0 saturated carbocycles. The Labute approximate surface area is 192 Å². The lowest BCUT2D eigenvalue weighted by molar-refractivity contribution is -0.127. The molecule has 0 radical (unpaired) electrons. The first-order valence-electron chi connectivity index (χ1n) is 11.1. The van der Waals surface area contributed by atoms with Gasteiger partial charge in [-0.2, -0.15) is 0 Å². The number of carbonyl (C=O) groups is 2. The molecule has 2 N–H and O–H groups in total. The molecular weight excluding hydrogens is 421 g/mol. The molecule has 1 aliphatic rings. The van der Waals surface area contributed by atoms with E-state index in [2.05, 4.69) is 15.3 Å². The number of piperidine rings is 1. The predicted octanol–water partition coefficient (Wildman–Crippen LogP) is 4.61. The van der Waals surface area contributed by atoms with Crippen LogP contribution in [-0.4, -0.2) is 52.3 Å². The number of nitrogens with zero attached hydrogens (tertiary/aromatic N) is 3. The molecule has 1 fully saturated rings. The highest BCUT2D eigenvalue weighted by Crippen LogP contribution is 2.31. The van der Waals surface area contributed by atoms with Gasteiger partial charge in [0, 0.05) is 31.9 Å². The summed E-state index contributed by atoms with van der Waals surface area (Å²) in [5.74, 6) is 0.417. The summed E-state index contributed by atoms with van der Waals surface area (Å²) in [5, 5.41) is 2.96. The van der Waals surface area contributed by atoms with Gasteiger partial charge < -0.3 is 20.1 Å². The van der Waals surface area contributed by atoms with E-state index in [1.807, 2.05) is 30.3 Å². The summed E-state index contributed by atoms with van der Waals surface area (Å²) in [6, 6.07) is 13.3. The van der Waals surface area contributed by atoms with Crippen molar-refractivity contribution in [3.05, 3.63) is 71.9 Å².